The smallest absolute Gasteiger partial charge is 0.416 e. The average Bonchev–Trinajstić information content (AvgIpc) is 3.55. The zero-order valence-corrected chi connectivity index (χ0v) is 18.8. The Bertz CT molecular complexity index is 1630. The molecule has 0 saturated carbocycles. The number of fused-ring (bicyclic) bond motifs is 1. The van der Waals surface area contributed by atoms with Crippen LogP contribution in [0.25, 0.3) is 33.7 Å². The Kier molecular flexibility index (Phi) is 5.73. The van der Waals surface area contributed by atoms with Crippen molar-refractivity contribution in [2.75, 3.05) is 6.61 Å². The fourth-order valence-corrected chi connectivity index (χ4v) is 4.26. The molecule has 3 heterocycles. The number of alkyl halides is 3. The lowest BCUT2D eigenvalue weighted by molar-refractivity contribution is -0.137. The number of aromatic nitrogens is 3. The van der Waals surface area contributed by atoms with E-state index < -0.39 is 11.7 Å². The molecule has 0 aliphatic heterocycles. The van der Waals surface area contributed by atoms with Crippen molar-refractivity contribution in [2.24, 2.45) is 0 Å². The Balaban J connectivity index is 1.42. The molecule has 0 atom stereocenters. The Labute approximate surface area is 200 Å². The summed E-state index contributed by atoms with van der Waals surface area (Å²) >= 11 is 1.14. The van der Waals surface area contributed by atoms with Gasteiger partial charge in [-0.2, -0.15) is 22.7 Å². The number of hydrogen-bond donors (Lipinski definition) is 0. The maximum absolute atomic E-state index is 13.0. The third kappa shape index (κ3) is 4.60. The largest absolute Gasteiger partial charge is 0.490 e. The summed E-state index contributed by atoms with van der Waals surface area (Å²) in [5.74, 6) is 1.67. The number of hydrogen-bond acceptors (Lipinski definition) is 6. The zero-order chi connectivity index (χ0) is 24.6. The average molecular weight is 495 g/mol. The van der Waals surface area contributed by atoms with Gasteiger partial charge in [0.25, 0.3) is 5.56 Å². The predicted molar refractivity (Wildman–Crippen MR) is 126 cm³/mol. The molecular weight excluding hydrogens is 479 g/mol. The molecular formula is C25H16F3N3O3S. The van der Waals surface area contributed by atoms with Crippen LogP contribution in [0, 0.1) is 0 Å². The standard InChI is InChI=1S/C25H16F3N3O3S/c1-2-12-33-18-8-6-15(7-9-18)22-29-24-31(30-22)23(32)21(35-24)14-19-10-11-20(34-19)16-4-3-5-17(13-16)25(26,27)28/h2-11,13-14H,1,12H2/b21-14+. The van der Waals surface area contributed by atoms with Gasteiger partial charge in [0.15, 0.2) is 5.82 Å². The van der Waals surface area contributed by atoms with Crippen molar-refractivity contribution < 1.29 is 22.3 Å². The molecule has 10 heteroatoms. The Hall–Kier alpha value is -4.18. The molecule has 0 saturated heterocycles. The van der Waals surface area contributed by atoms with Crippen LogP contribution < -0.4 is 14.8 Å². The first-order chi connectivity index (χ1) is 16.8. The molecule has 2 aromatic carbocycles. The summed E-state index contributed by atoms with van der Waals surface area (Å²) in [6.07, 6.45) is -1.28. The van der Waals surface area contributed by atoms with Gasteiger partial charge in [-0.1, -0.05) is 36.1 Å². The van der Waals surface area contributed by atoms with E-state index in [0.717, 1.165) is 29.0 Å². The number of rotatable bonds is 6. The van der Waals surface area contributed by atoms with E-state index >= 15 is 0 Å². The minimum absolute atomic E-state index is 0.261. The fraction of sp³-hybridized carbons (Fsp3) is 0.0800. The first-order valence-electron chi connectivity index (χ1n) is 10.3. The highest BCUT2D eigenvalue weighted by Gasteiger charge is 2.30. The van der Waals surface area contributed by atoms with E-state index in [2.05, 4.69) is 16.7 Å². The molecule has 3 aromatic heterocycles. The number of furan rings is 1. The van der Waals surface area contributed by atoms with Gasteiger partial charge in [-0.05, 0) is 48.5 Å². The van der Waals surface area contributed by atoms with Crippen LogP contribution in [0.3, 0.4) is 0 Å². The monoisotopic (exact) mass is 495 g/mol. The number of nitrogens with zero attached hydrogens (tertiary/aromatic N) is 3. The van der Waals surface area contributed by atoms with Gasteiger partial charge in [0, 0.05) is 17.2 Å². The fourth-order valence-electron chi connectivity index (χ4n) is 3.37. The van der Waals surface area contributed by atoms with Gasteiger partial charge in [0.05, 0.1) is 5.56 Å². The lowest BCUT2D eigenvalue weighted by Crippen LogP contribution is -2.23. The molecule has 0 unspecified atom stereocenters. The predicted octanol–water partition coefficient (Wildman–Crippen LogP) is 5.21. The van der Waals surface area contributed by atoms with E-state index in [0.29, 0.717) is 33.4 Å². The molecule has 5 rings (SSSR count). The molecule has 0 amide bonds. The highest BCUT2D eigenvalue weighted by molar-refractivity contribution is 7.15. The van der Waals surface area contributed by atoms with Crippen LogP contribution in [-0.4, -0.2) is 21.2 Å². The summed E-state index contributed by atoms with van der Waals surface area (Å²) in [5.41, 5.74) is -0.116. The van der Waals surface area contributed by atoms with Crippen LogP contribution in [0.1, 0.15) is 11.3 Å². The molecule has 35 heavy (non-hydrogen) atoms. The van der Waals surface area contributed by atoms with Crippen LogP contribution in [0.15, 0.2) is 82.5 Å². The molecule has 176 valence electrons. The molecule has 0 fully saturated rings. The molecule has 0 bridgehead atoms. The Morgan fingerprint density at radius 3 is 2.60 bits per heavy atom. The molecule has 0 aliphatic carbocycles. The van der Waals surface area contributed by atoms with Gasteiger partial charge >= 0.3 is 6.18 Å². The second-order valence-corrected chi connectivity index (χ2v) is 8.46. The normalized spacial score (nSPS) is 12.4. The van der Waals surface area contributed by atoms with E-state index in [1.54, 1.807) is 42.5 Å². The second-order valence-electron chi connectivity index (χ2n) is 7.45. The zero-order valence-electron chi connectivity index (χ0n) is 18.0. The van der Waals surface area contributed by atoms with Gasteiger partial charge in [-0.25, -0.2) is 0 Å². The lowest BCUT2D eigenvalue weighted by atomic mass is 10.1. The molecule has 6 nitrogen and oxygen atoms in total. The molecule has 0 spiro atoms. The van der Waals surface area contributed by atoms with Crippen molar-refractivity contribution in [1.82, 2.24) is 14.6 Å². The van der Waals surface area contributed by atoms with Crippen molar-refractivity contribution in [3.05, 3.63) is 99.5 Å². The number of benzene rings is 2. The summed E-state index contributed by atoms with van der Waals surface area (Å²) in [7, 11) is 0. The summed E-state index contributed by atoms with van der Waals surface area (Å²) in [6.45, 7) is 4.00. The minimum Gasteiger partial charge on any atom is -0.490 e. The van der Waals surface area contributed by atoms with Crippen LogP contribution in [0.2, 0.25) is 0 Å². The van der Waals surface area contributed by atoms with Crippen LogP contribution >= 0.6 is 11.3 Å². The van der Waals surface area contributed by atoms with E-state index in [9.17, 15) is 18.0 Å². The van der Waals surface area contributed by atoms with Gasteiger partial charge < -0.3 is 9.15 Å². The quantitative estimate of drug-likeness (QED) is 0.303. The first-order valence-corrected chi connectivity index (χ1v) is 11.2. The topological polar surface area (TPSA) is 69.6 Å². The van der Waals surface area contributed by atoms with E-state index in [1.807, 2.05) is 0 Å². The van der Waals surface area contributed by atoms with Crippen molar-refractivity contribution in [3.8, 4) is 28.5 Å². The lowest BCUT2D eigenvalue weighted by Gasteiger charge is -2.07. The van der Waals surface area contributed by atoms with Crippen LogP contribution in [0.4, 0.5) is 13.2 Å². The Morgan fingerprint density at radius 1 is 1.09 bits per heavy atom. The van der Waals surface area contributed by atoms with Crippen LogP contribution in [-0.2, 0) is 6.18 Å². The SMILES string of the molecule is C=CCOc1ccc(-c2nc3s/c(=C/c4ccc(-c5cccc(C(F)(F)F)c5)o4)c(=O)n3n2)cc1. The Morgan fingerprint density at radius 2 is 1.89 bits per heavy atom. The summed E-state index contributed by atoms with van der Waals surface area (Å²) < 4.78 is 51.7. The number of halogens is 3. The number of thiazole rings is 1. The van der Waals surface area contributed by atoms with Crippen molar-refractivity contribution in [3.63, 3.8) is 0 Å². The van der Waals surface area contributed by atoms with Gasteiger partial charge in [0.2, 0.25) is 4.96 Å². The summed E-state index contributed by atoms with van der Waals surface area (Å²) in [5, 5.41) is 4.31. The van der Waals surface area contributed by atoms with Gasteiger partial charge in [-0.15, -0.1) is 5.10 Å². The maximum atomic E-state index is 13.0. The first kappa shape index (κ1) is 22.6. The summed E-state index contributed by atoms with van der Waals surface area (Å²) in [4.78, 5) is 17.7. The van der Waals surface area contributed by atoms with Crippen LogP contribution in [0.5, 0.6) is 5.75 Å². The van der Waals surface area contributed by atoms with E-state index in [-0.39, 0.29) is 16.9 Å². The molecule has 0 radical (unpaired) electrons. The summed E-state index contributed by atoms with van der Waals surface area (Å²) in [6, 6.07) is 15.2. The van der Waals surface area contributed by atoms with Gasteiger partial charge in [-0.3, -0.25) is 4.79 Å². The van der Waals surface area contributed by atoms with E-state index in [4.69, 9.17) is 9.15 Å². The molecule has 5 aromatic rings. The number of ether oxygens (including phenoxy) is 1. The van der Waals surface area contributed by atoms with E-state index in [1.165, 1.54) is 22.7 Å². The van der Waals surface area contributed by atoms with Crippen molar-refractivity contribution in [1.29, 1.82) is 0 Å². The maximum Gasteiger partial charge on any atom is 0.416 e. The molecule has 0 aliphatic rings. The minimum atomic E-state index is -4.45. The second kappa shape index (κ2) is 8.88. The third-order valence-corrected chi connectivity index (χ3v) is 6.00. The third-order valence-electron chi connectivity index (χ3n) is 5.04. The highest BCUT2D eigenvalue weighted by atomic mass is 32.1. The van der Waals surface area contributed by atoms with Crippen molar-refractivity contribution >= 4 is 22.4 Å². The van der Waals surface area contributed by atoms with Crippen molar-refractivity contribution in [2.45, 2.75) is 6.18 Å². The highest BCUT2D eigenvalue weighted by Crippen LogP contribution is 2.32. The van der Waals surface area contributed by atoms with Gasteiger partial charge in [0.1, 0.15) is 28.4 Å². The molecule has 0 N–H and O–H groups in total.